The molecule has 0 amide bonds. The zero-order valence-corrected chi connectivity index (χ0v) is 7.94. The van der Waals surface area contributed by atoms with E-state index in [1.165, 1.54) is 0 Å². The molecule has 0 aromatic carbocycles. The molecule has 1 heterocycles. The first-order valence-corrected chi connectivity index (χ1v) is 5.11. The predicted octanol–water partition coefficient (Wildman–Crippen LogP) is 1.19. The van der Waals surface area contributed by atoms with Crippen molar-refractivity contribution >= 4 is 11.9 Å². The number of hydrogen-bond acceptors (Lipinski definition) is 3. The maximum atomic E-state index is 11.4. The van der Waals surface area contributed by atoms with Crippen LogP contribution in [0.15, 0.2) is 0 Å². The van der Waals surface area contributed by atoms with Crippen LogP contribution in [-0.4, -0.2) is 23.1 Å². The van der Waals surface area contributed by atoms with Gasteiger partial charge in [0, 0.05) is 5.92 Å². The molecule has 2 fully saturated rings. The molecule has 1 saturated carbocycles. The van der Waals surface area contributed by atoms with Gasteiger partial charge in [-0.05, 0) is 12.8 Å². The van der Waals surface area contributed by atoms with Crippen LogP contribution in [0.4, 0.5) is 0 Å². The Kier molecular flexibility index (Phi) is 2.44. The van der Waals surface area contributed by atoms with Crippen LogP contribution in [0, 0.1) is 11.8 Å². The molecule has 0 aromatic rings. The second-order valence-corrected chi connectivity index (χ2v) is 4.13. The molecule has 4 nitrogen and oxygen atoms in total. The van der Waals surface area contributed by atoms with Crippen LogP contribution in [0.3, 0.4) is 0 Å². The highest BCUT2D eigenvalue weighted by Crippen LogP contribution is 2.40. The Hall–Kier alpha value is -1.06. The second-order valence-electron chi connectivity index (χ2n) is 4.13. The third-order valence-corrected chi connectivity index (χ3v) is 3.24. The first kappa shape index (κ1) is 9.49. The number of rotatable bonds is 2. The molecule has 14 heavy (non-hydrogen) atoms. The third kappa shape index (κ3) is 1.61. The first-order valence-electron chi connectivity index (χ1n) is 5.11. The van der Waals surface area contributed by atoms with E-state index in [0.717, 1.165) is 25.7 Å². The Labute approximate surface area is 82.2 Å². The van der Waals surface area contributed by atoms with E-state index in [1.807, 2.05) is 0 Å². The molecule has 0 spiro atoms. The van der Waals surface area contributed by atoms with E-state index in [9.17, 15) is 9.59 Å². The van der Waals surface area contributed by atoms with Gasteiger partial charge < -0.3 is 9.84 Å². The molecule has 0 aromatic heterocycles. The van der Waals surface area contributed by atoms with Gasteiger partial charge in [-0.25, -0.2) is 0 Å². The van der Waals surface area contributed by atoms with Gasteiger partial charge in [0.15, 0.2) is 0 Å². The number of carboxylic acid groups (broad SMARTS) is 1. The molecule has 1 aliphatic carbocycles. The van der Waals surface area contributed by atoms with Gasteiger partial charge in [0.25, 0.3) is 0 Å². The van der Waals surface area contributed by atoms with Crippen molar-refractivity contribution in [3.05, 3.63) is 0 Å². The third-order valence-electron chi connectivity index (χ3n) is 3.24. The van der Waals surface area contributed by atoms with E-state index in [4.69, 9.17) is 9.84 Å². The van der Waals surface area contributed by atoms with Crippen LogP contribution in [0.1, 0.15) is 32.1 Å². The SMILES string of the molecule is O=C(O)CC1OC(=O)[C@H]2CCCC[C@@H]12. The van der Waals surface area contributed by atoms with Crippen molar-refractivity contribution in [2.75, 3.05) is 0 Å². The Bertz CT molecular complexity index is 261. The van der Waals surface area contributed by atoms with E-state index in [0.29, 0.717) is 0 Å². The molecule has 0 bridgehead atoms. The summed E-state index contributed by atoms with van der Waals surface area (Å²) in [4.78, 5) is 21.9. The van der Waals surface area contributed by atoms with Gasteiger partial charge in [0.2, 0.25) is 0 Å². The molecular weight excluding hydrogens is 184 g/mol. The zero-order chi connectivity index (χ0) is 10.1. The fourth-order valence-corrected chi connectivity index (χ4v) is 2.59. The first-order chi connectivity index (χ1) is 6.68. The number of carboxylic acids is 1. The van der Waals surface area contributed by atoms with Crippen molar-refractivity contribution in [3.63, 3.8) is 0 Å². The van der Waals surface area contributed by atoms with Gasteiger partial charge in [-0.2, -0.15) is 0 Å². The number of ether oxygens (including phenoxy) is 1. The monoisotopic (exact) mass is 198 g/mol. The van der Waals surface area contributed by atoms with Crippen LogP contribution in [0.25, 0.3) is 0 Å². The van der Waals surface area contributed by atoms with Crippen LogP contribution in [-0.2, 0) is 14.3 Å². The van der Waals surface area contributed by atoms with E-state index < -0.39 is 5.97 Å². The van der Waals surface area contributed by atoms with Gasteiger partial charge in [0.05, 0.1) is 12.3 Å². The van der Waals surface area contributed by atoms with Crippen molar-refractivity contribution in [3.8, 4) is 0 Å². The molecule has 1 N–H and O–H groups in total. The summed E-state index contributed by atoms with van der Waals surface area (Å²) >= 11 is 0. The van der Waals surface area contributed by atoms with E-state index in [2.05, 4.69) is 0 Å². The highest BCUT2D eigenvalue weighted by Gasteiger charge is 2.45. The van der Waals surface area contributed by atoms with Crippen molar-refractivity contribution in [1.29, 1.82) is 0 Å². The number of carbonyl (C=O) groups excluding carboxylic acids is 1. The maximum Gasteiger partial charge on any atom is 0.309 e. The van der Waals surface area contributed by atoms with Gasteiger partial charge in [-0.3, -0.25) is 9.59 Å². The van der Waals surface area contributed by atoms with Gasteiger partial charge in [-0.15, -0.1) is 0 Å². The Morgan fingerprint density at radius 3 is 2.86 bits per heavy atom. The molecule has 1 unspecified atom stereocenters. The van der Waals surface area contributed by atoms with Crippen LogP contribution in [0.2, 0.25) is 0 Å². The van der Waals surface area contributed by atoms with Crippen molar-refractivity contribution in [1.82, 2.24) is 0 Å². The quantitative estimate of drug-likeness (QED) is 0.677. The minimum absolute atomic E-state index is 0.0203. The predicted molar refractivity (Wildman–Crippen MR) is 47.6 cm³/mol. The van der Waals surface area contributed by atoms with Gasteiger partial charge in [0.1, 0.15) is 6.10 Å². The van der Waals surface area contributed by atoms with E-state index in [-0.39, 0.29) is 30.3 Å². The summed E-state index contributed by atoms with van der Waals surface area (Å²) in [6, 6.07) is 0. The Balaban J connectivity index is 2.06. The smallest absolute Gasteiger partial charge is 0.309 e. The number of carbonyl (C=O) groups is 2. The van der Waals surface area contributed by atoms with E-state index in [1.54, 1.807) is 0 Å². The number of aliphatic carboxylic acids is 1. The number of esters is 1. The molecule has 4 heteroatoms. The molecule has 2 rings (SSSR count). The lowest BCUT2D eigenvalue weighted by atomic mass is 9.77. The summed E-state index contributed by atoms with van der Waals surface area (Å²) in [6.45, 7) is 0. The summed E-state index contributed by atoms with van der Waals surface area (Å²) in [5.74, 6) is -0.921. The summed E-state index contributed by atoms with van der Waals surface area (Å²) < 4.78 is 5.10. The normalized spacial score (nSPS) is 36.3. The summed E-state index contributed by atoms with van der Waals surface area (Å²) in [5, 5.41) is 8.66. The van der Waals surface area contributed by atoms with Crippen molar-refractivity contribution in [2.45, 2.75) is 38.2 Å². The lowest BCUT2D eigenvalue weighted by Gasteiger charge is -2.23. The van der Waals surface area contributed by atoms with Crippen LogP contribution >= 0.6 is 0 Å². The maximum absolute atomic E-state index is 11.4. The number of hydrogen-bond donors (Lipinski definition) is 1. The second kappa shape index (κ2) is 3.59. The molecule has 1 saturated heterocycles. The summed E-state index contributed by atoms with van der Waals surface area (Å²) in [7, 11) is 0. The minimum Gasteiger partial charge on any atom is -0.481 e. The summed E-state index contributed by atoms with van der Waals surface area (Å²) in [6.07, 6.45) is 3.57. The highest BCUT2D eigenvalue weighted by molar-refractivity contribution is 5.77. The lowest BCUT2D eigenvalue weighted by molar-refractivity contribution is -0.147. The van der Waals surface area contributed by atoms with Crippen molar-refractivity contribution in [2.24, 2.45) is 11.8 Å². The number of fused-ring (bicyclic) bond motifs is 1. The molecule has 3 atom stereocenters. The largest absolute Gasteiger partial charge is 0.481 e. The van der Waals surface area contributed by atoms with Gasteiger partial charge >= 0.3 is 11.9 Å². The topological polar surface area (TPSA) is 63.6 Å². The highest BCUT2D eigenvalue weighted by atomic mass is 16.6. The Morgan fingerprint density at radius 2 is 2.14 bits per heavy atom. The van der Waals surface area contributed by atoms with Gasteiger partial charge in [-0.1, -0.05) is 12.8 Å². The Morgan fingerprint density at radius 1 is 1.43 bits per heavy atom. The molecule has 0 radical (unpaired) electrons. The van der Waals surface area contributed by atoms with Crippen molar-refractivity contribution < 1.29 is 19.4 Å². The fraction of sp³-hybridized carbons (Fsp3) is 0.800. The summed E-state index contributed by atoms with van der Waals surface area (Å²) in [5.41, 5.74) is 0. The average molecular weight is 198 g/mol. The minimum atomic E-state index is -0.881. The molecule has 78 valence electrons. The standard InChI is InChI=1S/C10H14O4/c11-9(12)5-8-6-3-1-2-4-7(6)10(13)14-8/h6-8H,1-5H2,(H,11,12)/t6-,7+,8?/m1/s1. The molecule has 1 aliphatic heterocycles. The van der Waals surface area contributed by atoms with Crippen LogP contribution in [0.5, 0.6) is 0 Å². The zero-order valence-electron chi connectivity index (χ0n) is 7.94. The lowest BCUT2D eigenvalue weighted by Crippen LogP contribution is -2.26. The molecular formula is C10H14O4. The molecule has 2 aliphatic rings. The average Bonchev–Trinajstić information content (AvgIpc) is 2.44. The number of cyclic esters (lactones) is 1. The van der Waals surface area contributed by atoms with Crippen LogP contribution < -0.4 is 0 Å². The van der Waals surface area contributed by atoms with E-state index >= 15 is 0 Å². The fourth-order valence-electron chi connectivity index (χ4n) is 2.59.